The van der Waals surface area contributed by atoms with Gasteiger partial charge in [0.15, 0.2) is 5.82 Å². The highest BCUT2D eigenvalue weighted by Gasteiger charge is 2.07. The molecule has 2 heterocycles. The van der Waals surface area contributed by atoms with Gasteiger partial charge in [0.2, 0.25) is 4.77 Å². The topological polar surface area (TPSA) is 59.1 Å². The molecule has 0 spiro atoms. The van der Waals surface area contributed by atoms with E-state index in [1.807, 2.05) is 49.4 Å². The van der Waals surface area contributed by atoms with Crippen molar-refractivity contribution in [3.05, 3.63) is 64.8 Å². The van der Waals surface area contributed by atoms with E-state index in [1.165, 1.54) is 5.56 Å². The molecule has 22 heavy (non-hydrogen) atoms. The first-order valence-electron chi connectivity index (χ1n) is 6.73. The summed E-state index contributed by atoms with van der Waals surface area (Å²) < 4.78 is 7.24. The normalized spacial score (nSPS) is 11.7. The highest BCUT2D eigenvalue weighted by molar-refractivity contribution is 7.71. The van der Waals surface area contributed by atoms with Crippen LogP contribution in [0, 0.1) is 11.7 Å². The maximum absolute atomic E-state index is 5.22. The van der Waals surface area contributed by atoms with Crippen molar-refractivity contribution >= 4 is 24.5 Å². The first-order valence-corrected chi connectivity index (χ1v) is 7.14. The zero-order chi connectivity index (χ0) is 15.4. The minimum Gasteiger partial charge on any atom is -0.465 e. The summed E-state index contributed by atoms with van der Waals surface area (Å²) >= 11 is 5.22. The van der Waals surface area contributed by atoms with Crippen LogP contribution in [0.15, 0.2) is 58.3 Å². The number of H-pyrrole nitrogens is 1. The molecule has 3 rings (SSSR count). The Labute approximate surface area is 132 Å². The molecule has 0 unspecified atom stereocenters. The van der Waals surface area contributed by atoms with E-state index in [-0.39, 0.29) is 0 Å². The largest absolute Gasteiger partial charge is 0.465 e. The highest BCUT2D eigenvalue weighted by Crippen LogP contribution is 2.17. The number of nitrogens with one attached hydrogen (secondary N) is 1. The molecule has 6 heteroatoms. The van der Waals surface area contributed by atoms with E-state index in [0.717, 1.165) is 11.3 Å². The number of furan rings is 1. The van der Waals surface area contributed by atoms with Crippen LogP contribution >= 0.6 is 12.2 Å². The van der Waals surface area contributed by atoms with Gasteiger partial charge in [-0.15, -0.1) is 0 Å². The Hall–Kier alpha value is -2.73. The minimum atomic E-state index is 0.443. The molecular weight excluding hydrogens is 296 g/mol. The van der Waals surface area contributed by atoms with Crippen LogP contribution in [0.25, 0.3) is 17.5 Å². The predicted molar refractivity (Wildman–Crippen MR) is 89.2 cm³/mol. The van der Waals surface area contributed by atoms with Crippen LogP contribution in [0.2, 0.25) is 0 Å². The standard InChI is InChI=1S/C16H14N4OS/c1-12-6-8-13(9-7-12)15-18-19-16(22)20(15)17-10-2-4-14-5-3-11-21-14/h2-11H,1H3,(H,19,22)/b4-2+,17-10?. The molecule has 2 aromatic heterocycles. The van der Waals surface area contributed by atoms with Gasteiger partial charge in [0.25, 0.3) is 0 Å². The zero-order valence-corrected chi connectivity index (χ0v) is 12.7. The van der Waals surface area contributed by atoms with Crippen LogP contribution < -0.4 is 0 Å². The van der Waals surface area contributed by atoms with Gasteiger partial charge in [0.1, 0.15) is 5.76 Å². The lowest BCUT2D eigenvalue weighted by molar-refractivity contribution is 0.557. The third-order valence-electron chi connectivity index (χ3n) is 3.03. The van der Waals surface area contributed by atoms with Crippen molar-refractivity contribution in [2.24, 2.45) is 5.10 Å². The quantitative estimate of drug-likeness (QED) is 0.584. The maximum Gasteiger partial charge on any atom is 0.216 e. The molecular formula is C16H14N4OS. The first-order chi connectivity index (χ1) is 10.7. The number of hydrogen-bond acceptors (Lipinski definition) is 4. The van der Waals surface area contributed by atoms with Gasteiger partial charge in [-0.1, -0.05) is 29.8 Å². The smallest absolute Gasteiger partial charge is 0.216 e. The van der Waals surface area contributed by atoms with Gasteiger partial charge in [0, 0.05) is 11.8 Å². The Morgan fingerprint density at radius 2 is 2.09 bits per heavy atom. The number of allylic oxidation sites excluding steroid dienone is 1. The van der Waals surface area contributed by atoms with Crippen LogP contribution in [0.4, 0.5) is 0 Å². The van der Waals surface area contributed by atoms with Crippen LogP contribution in [-0.2, 0) is 0 Å². The number of aromatic nitrogens is 3. The molecule has 1 aromatic carbocycles. The third kappa shape index (κ3) is 3.12. The Kier molecular flexibility index (Phi) is 4.11. The number of nitrogens with zero attached hydrogens (tertiary/aromatic N) is 3. The molecule has 0 radical (unpaired) electrons. The fourth-order valence-electron chi connectivity index (χ4n) is 1.92. The van der Waals surface area contributed by atoms with Crippen molar-refractivity contribution in [1.29, 1.82) is 0 Å². The number of hydrogen-bond donors (Lipinski definition) is 1. The number of aromatic amines is 1. The minimum absolute atomic E-state index is 0.443. The van der Waals surface area contributed by atoms with Crippen molar-refractivity contribution in [3.8, 4) is 11.4 Å². The molecule has 0 saturated carbocycles. The van der Waals surface area contributed by atoms with E-state index in [4.69, 9.17) is 16.6 Å². The van der Waals surface area contributed by atoms with Crippen molar-refractivity contribution < 1.29 is 4.42 Å². The molecule has 0 saturated heterocycles. The molecule has 0 atom stereocenters. The Balaban J connectivity index is 1.86. The van der Waals surface area contributed by atoms with E-state index >= 15 is 0 Å². The molecule has 5 nitrogen and oxygen atoms in total. The Bertz CT molecular complexity index is 854. The molecule has 0 fully saturated rings. The maximum atomic E-state index is 5.22. The lowest BCUT2D eigenvalue weighted by atomic mass is 10.1. The van der Waals surface area contributed by atoms with Crippen molar-refractivity contribution in [1.82, 2.24) is 14.9 Å². The molecule has 0 bridgehead atoms. The van der Waals surface area contributed by atoms with Crippen molar-refractivity contribution in [2.75, 3.05) is 0 Å². The van der Waals surface area contributed by atoms with Gasteiger partial charge < -0.3 is 4.42 Å². The summed E-state index contributed by atoms with van der Waals surface area (Å²) in [5, 5.41) is 11.3. The van der Waals surface area contributed by atoms with E-state index in [2.05, 4.69) is 15.3 Å². The predicted octanol–water partition coefficient (Wildman–Crippen LogP) is 4.06. The summed E-state index contributed by atoms with van der Waals surface area (Å²) in [6.45, 7) is 2.04. The monoisotopic (exact) mass is 310 g/mol. The first kappa shape index (κ1) is 14.2. The van der Waals surface area contributed by atoms with Gasteiger partial charge in [0.05, 0.1) is 6.26 Å². The number of aryl methyl sites for hydroxylation is 1. The molecule has 110 valence electrons. The summed E-state index contributed by atoms with van der Waals surface area (Å²) in [5.41, 5.74) is 2.14. The fraction of sp³-hybridized carbons (Fsp3) is 0.0625. The van der Waals surface area contributed by atoms with Crippen LogP contribution in [-0.4, -0.2) is 21.1 Å². The average Bonchev–Trinajstić information content (AvgIpc) is 3.15. The summed E-state index contributed by atoms with van der Waals surface area (Å²) in [5.74, 6) is 1.44. The molecule has 0 aliphatic rings. The second kappa shape index (κ2) is 6.36. The van der Waals surface area contributed by atoms with E-state index < -0.39 is 0 Å². The van der Waals surface area contributed by atoms with Crippen molar-refractivity contribution in [3.63, 3.8) is 0 Å². The van der Waals surface area contributed by atoms with E-state index in [9.17, 15) is 0 Å². The summed E-state index contributed by atoms with van der Waals surface area (Å²) in [4.78, 5) is 0. The number of rotatable bonds is 4. The third-order valence-corrected chi connectivity index (χ3v) is 3.30. The summed E-state index contributed by atoms with van der Waals surface area (Å²) in [7, 11) is 0. The Morgan fingerprint density at radius 1 is 1.27 bits per heavy atom. The van der Waals surface area contributed by atoms with Gasteiger partial charge in [-0.3, -0.25) is 0 Å². The molecule has 0 amide bonds. The molecule has 0 aliphatic carbocycles. The number of benzene rings is 1. The molecule has 0 aliphatic heterocycles. The molecule has 3 aromatic rings. The second-order valence-corrected chi connectivity index (χ2v) is 5.06. The molecule has 1 N–H and O–H groups in total. The van der Waals surface area contributed by atoms with Gasteiger partial charge in [-0.05, 0) is 43.4 Å². The zero-order valence-electron chi connectivity index (χ0n) is 11.9. The van der Waals surface area contributed by atoms with Gasteiger partial charge >= 0.3 is 0 Å². The lowest BCUT2D eigenvalue weighted by Gasteiger charge is -2.00. The fourth-order valence-corrected chi connectivity index (χ4v) is 2.10. The Morgan fingerprint density at radius 3 is 2.82 bits per heavy atom. The van der Waals surface area contributed by atoms with Crippen LogP contribution in [0.3, 0.4) is 0 Å². The van der Waals surface area contributed by atoms with Crippen LogP contribution in [0.5, 0.6) is 0 Å². The van der Waals surface area contributed by atoms with Crippen LogP contribution in [0.1, 0.15) is 11.3 Å². The average molecular weight is 310 g/mol. The van der Waals surface area contributed by atoms with Crippen molar-refractivity contribution in [2.45, 2.75) is 6.92 Å². The highest BCUT2D eigenvalue weighted by atomic mass is 32.1. The van der Waals surface area contributed by atoms with E-state index in [0.29, 0.717) is 10.6 Å². The van der Waals surface area contributed by atoms with Gasteiger partial charge in [-0.25, -0.2) is 5.10 Å². The SMILES string of the molecule is Cc1ccc(-c2n[nH]c(=S)n2N=C/C=C/c2ccco2)cc1. The lowest BCUT2D eigenvalue weighted by Crippen LogP contribution is -1.93. The summed E-state index contributed by atoms with van der Waals surface area (Å²) in [6.07, 6.45) is 6.87. The summed E-state index contributed by atoms with van der Waals surface area (Å²) in [6, 6.07) is 11.7. The second-order valence-electron chi connectivity index (χ2n) is 4.67. The van der Waals surface area contributed by atoms with Gasteiger partial charge in [-0.2, -0.15) is 14.9 Å². The van der Waals surface area contributed by atoms with E-state index in [1.54, 1.807) is 23.2 Å².